The zero-order valence-electron chi connectivity index (χ0n) is 9.37. The van der Waals surface area contributed by atoms with Crippen molar-refractivity contribution in [2.45, 2.75) is 0 Å². The summed E-state index contributed by atoms with van der Waals surface area (Å²) in [6, 6.07) is 5.89. The second-order valence-corrected chi connectivity index (χ2v) is 3.81. The van der Waals surface area contributed by atoms with Crippen LogP contribution in [0.2, 0.25) is 5.02 Å². The minimum absolute atomic E-state index is 0.0586. The van der Waals surface area contributed by atoms with E-state index in [2.05, 4.69) is 9.97 Å². The predicted octanol–water partition coefficient (Wildman–Crippen LogP) is 2.49. The molecule has 19 heavy (non-hydrogen) atoms. The van der Waals surface area contributed by atoms with E-state index in [1.165, 1.54) is 30.6 Å². The second-order valence-electron chi connectivity index (χ2n) is 3.40. The molecule has 1 aromatic heterocycles. The van der Waals surface area contributed by atoms with Crippen LogP contribution in [0.3, 0.4) is 0 Å². The van der Waals surface area contributed by atoms with Gasteiger partial charge in [0.15, 0.2) is 5.69 Å². The number of hydrogen-bond acceptors (Lipinski definition) is 5. The van der Waals surface area contributed by atoms with E-state index in [0.29, 0.717) is 0 Å². The van der Waals surface area contributed by atoms with E-state index in [-0.39, 0.29) is 27.9 Å². The maximum atomic E-state index is 10.7. The number of carboxylic acid groups (broad SMARTS) is 1. The van der Waals surface area contributed by atoms with Crippen LogP contribution < -0.4 is 4.74 Å². The number of hydrogen-bond donors (Lipinski definition) is 1. The Bertz CT molecular complexity index is 665. The van der Waals surface area contributed by atoms with Crippen molar-refractivity contribution in [3.63, 3.8) is 0 Å². The Morgan fingerprint density at radius 3 is 2.68 bits per heavy atom. The Labute approximate surface area is 112 Å². The van der Waals surface area contributed by atoms with Crippen LogP contribution in [0.4, 0.5) is 0 Å². The van der Waals surface area contributed by atoms with Gasteiger partial charge in [-0.15, -0.1) is 0 Å². The average molecular weight is 276 g/mol. The largest absolute Gasteiger partial charge is 0.478 e. The fourth-order valence-corrected chi connectivity index (χ4v) is 1.48. The van der Waals surface area contributed by atoms with Crippen molar-refractivity contribution in [3.05, 3.63) is 46.9 Å². The Hall–Kier alpha value is -2.65. The molecule has 0 bridgehead atoms. The van der Waals surface area contributed by atoms with E-state index in [9.17, 15) is 4.79 Å². The first-order valence-corrected chi connectivity index (χ1v) is 5.41. The van der Waals surface area contributed by atoms with Crippen LogP contribution in [0.5, 0.6) is 11.6 Å². The molecule has 0 aliphatic heterocycles. The summed E-state index contributed by atoms with van der Waals surface area (Å²) in [5.41, 5.74) is 0.225. The summed E-state index contributed by atoms with van der Waals surface area (Å²) in [6.07, 6.45) is 2.54. The lowest BCUT2D eigenvalue weighted by atomic mass is 10.2. The molecule has 0 atom stereocenters. The maximum absolute atomic E-state index is 10.7. The van der Waals surface area contributed by atoms with Gasteiger partial charge in [-0.05, 0) is 18.2 Å². The molecular formula is C12H6ClN3O3. The van der Waals surface area contributed by atoms with Crippen LogP contribution in [-0.4, -0.2) is 21.0 Å². The van der Waals surface area contributed by atoms with Crippen molar-refractivity contribution >= 4 is 17.6 Å². The Kier molecular flexibility index (Phi) is 3.59. The Morgan fingerprint density at radius 1 is 1.37 bits per heavy atom. The van der Waals surface area contributed by atoms with Crippen LogP contribution in [-0.2, 0) is 0 Å². The van der Waals surface area contributed by atoms with Crippen molar-refractivity contribution in [2.24, 2.45) is 0 Å². The van der Waals surface area contributed by atoms with E-state index in [0.717, 1.165) is 0 Å². The highest BCUT2D eigenvalue weighted by atomic mass is 35.5. The van der Waals surface area contributed by atoms with Crippen LogP contribution in [0.15, 0.2) is 30.6 Å². The fourth-order valence-electron chi connectivity index (χ4n) is 1.26. The number of aromatic nitrogens is 2. The third kappa shape index (κ3) is 2.97. The minimum Gasteiger partial charge on any atom is -0.478 e. The molecule has 1 aromatic carbocycles. The number of benzene rings is 1. The molecule has 0 radical (unpaired) electrons. The number of rotatable bonds is 3. The molecule has 6 nitrogen and oxygen atoms in total. The lowest BCUT2D eigenvalue weighted by Crippen LogP contribution is -1.97. The first kappa shape index (κ1) is 12.8. The van der Waals surface area contributed by atoms with Gasteiger partial charge >= 0.3 is 5.97 Å². The summed E-state index contributed by atoms with van der Waals surface area (Å²) >= 11 is 5.89. The van der Waals surface area contributed by atoms with Gasteiger partial charge in [-0.1, -0.05) is 11.6 Å². The zero-order valence-corrected chi connectivity index (χ0v) is 10.1. The van der Waals surface area contributed by atoms with Crippen LogP contribution in [0.1, 0.15) is 16.1 Å². The smallest absolute Gasteiger partial charge is 0.335 e. The number of halogens is 1. The lowest BCUT2D eigenvalue weighted by Gasteiger charge is -2.06. The quantitative estimate of drug-likeness (QED) is 0.924. The summed E-state index contributed by atoms with van der Waals surface area (Å²) in [4.78, 5) is 18.4. The van der Waals surface area contributed by atoms with Crippen LogP contribution in [0, 0.1) is 11.3 Å². The van der Waals surface area contributed by atoms with Crippen LogP contribution >= 0.6 is 11.6 Å². The van der Waals surface area contributed by atoms with Crippen molar-refractivity contribution in [3.8, 4) is 17.7 Å². The molecule has 0 amide bonds. The first-order chi connectivity index (χ1) is 9.10. The molecular weight excluding hydrogens is 270 g/mol. The highest BCUT2D eigenvalue weighted by molar-refractivity contribution is 6.32. The molecule has 0 unspecified atom stereocenters. The summed E-state index contributed by atoms with van der Waals surface area (Å²) < 4.78 is 5.34. The number of carboxylic acids is 1. The van der Waals surface area contributed by atoms with Crippen molar-refractivity contribution < 1.29 is 14.6 Å². The molecule has 1 N–H and O–H groups in total. The number of aromatic carboxylic acids is 1. The van der Waals surface area contributed by atoms with Gasteiger partial charge < -0.3 is 9.84 Å². The second kappa shape index (κ2) is 5.33. The molecule has 0 saturated heterocycles. The standard InChI is InChI=1S/C12H6ClN3O3/c13-9-3-7(12(17)18)1-2-10(9)19-11-6-15-8(4-14)5-16-11/h1-3,5-6H,(H,17,18). The summed E-state index contributed by atoms with van der Waals surface area (Å²) in [5, 5.41) is 17.5. The van der Waals surface area contributed by atoms with E-state index in [1.807, 2.05) is 6.07 Å². The molecule has 0 saturated carbocycles. The predicted molar refractivity (Wildman–Crippen MR) is 65.2 cm³/mol. The molecule has 1 heterocycles. The molecule has 0 aliphatic carbocycles. The summed E-state index contributed by atoms with van der Waals surface area (Å²) in [5.74, 6) is -0.665. The normalized spacial score (nSPS) is 9.68. The van der Waals surface area contributed by atoms with E-state index < -0.39 is 5.97 Å². The van der Waals surface area contributed by atoms with Crippen LogP contribution in [0.25, 0.3) is 0 Å². The monoisotopic (exact) mass is 275 g/mol. The van der Waals surface area contributed by atoms with Gasteiger partial charge in [-0.3, -0.25) is 0 Å². The van der Waals surface area contributed by atoms with Gasteiger partial charge in [-0.25, -0.2) is 14.8 Å². The van der Waals surface area contributed by atoms with Gasteiger partial charge in [0.1, 0.15) is 11.8 Å². The SMILES string of the molecule is N#Cc1cnc(Oc2ccc(C(=O)O)cc2Cl)cn1. The van der Waals surface area contributed by atoms with Crippen molar-refractivity contribution in [1.82, 2.24) is 9.97 Å². The average Bonchev–Trinajstić information content (AvgIpc) is 2.41. The first-order valence-electron chi connectivity index (χ1n) is 5.03. The third-order valence-electron chi connectivity index (χ3n) is 2.14. The Morgan fingerprint density at radius 2 is 2.16 bits per heavy atom. The highest BCUT2D eigenvalue weighted by Gasteiger charge is 2.09. The summed E-state index contributed by atoms with van der Waals surface area (Å²) in [6.45, 7) is 0. The summed E-state index contributed by atoms with van der Waals surface area (Å²) in [7, 11) is 0. The number of nitriles is 1. The minimum atomic E-state index is -1.08. The molecule has 2 aromatic rings. The van der Waals surface area contributed by atoms with Crippen molar-refractivity contribution in [1.29, 1.82) is 5.26 Å². The zero-order chi connectivity index (χ0) is 13.8. The highest BCUT2D eigenvalue weighted by Crippen LogP contribution is 2.28. The molecule has 94 valence electrons. The lowest BCUT2D eigenvalue weighted by molar-refractivity contribution is 0.0697. The van der Waals surface area contributed by atoms with Crippen molar-refractivity contribution in [2.75, 3.05) is 0 Å². The third-order valence-corrected chi connectivity index (χ3v) is 2.43. The molecule has 2 rings (SSSR count). The number of carbonyl (C=O) groups is 1. The van der Waals surface area contributed by atoms with Gasteiger partial charge in [0.25, 0.3) is 0 Å². The van der Waals surface area contributed by atoms with Gasteiger partial charge in [0, 0.05) is 0 Å². The maximum Gasteiger partial charge on any atom is 0.335 e. The van der Waals surface area contributed by atoms with Gasteiger partial charge in [-0.2, -0.15) is 5.26 Å². The topological polar surface area (TPSA) is 96.1 Å². The number of nitrogens with zero attached hydrogens (tertiary/aromatic N) is 3. The molecule has 7 heteroatoms. The number of ether oxygens (including phenoxy) is 1. The Balaban J connectivity index is 2.23. The molecule has 0 aliphatic rings. The van der Waals surface area contributed by atoms with E-state index >= 15 is 0 Å². The van der Waals surface area contributed by atoms with Gasteiger partial charge in [0.2, 0.25) is 5.88 Å². The van der Waals surface area contributed by atoms with E-state index in [1.54, 1.807) is 0 Å². The van der Waals surface area contributed by atoms with Gasteiger partial charge in [0.05, 0.1) is 23.0 Å². The molecule has 0 spiro atoms. The fraction of sp³-hybridized carbons (Fsp3) is 0. The van der Waals surface area contributed by atoms with E-state index in [4.69, 9.17) is 26.7 Å². The molecule has 0 fully saturated rings.